The SMILES string of the molecule is CC(C)(C)ONS(=O)(=O)Cc1ccccc1[N+](=O)[O-]. The molecule has 0 aromatic heterocycles. The first-order valence-corrected chi connectivity index (χ1v) is 7.16. The van der Waals surface area contributed by atoms with Crippen LogP contribution in [0, 0.1) is 10.1 Å². The third-order valence-corrected chi connectivity index (χ3v) is 3.04. The molecule has 0 aliphatic rings. The molecule has 0 aliphatic carbocycles. The average Bonchev–Trinajstić information content (AvgIpc) is 2.26. The summed E-state index contributed by atoms with van der Waals surface area (Å²) in [6, 6.07) is 5.68. The van der Waals surface area contributed by atoms with Crippen molar-refractivity contribution in [1.29, 1.82) is 0 Å². The minimum Gasteiger partial charge on any atom is -0.281 e. The molecular formula is C11H16N2O5S. The molecule has 0 saturated carbocycles. The lowest BCUT2D eigenvalue weighted by atomic mass is 10.2. The van der Waals surface area contributed by atoms with Gasteiger partial charge in [0.15, 0.2) is 0 Å². The molecule has 1 N–H and O–H groups in total. The Bertz CT molecular complexity index is 563. The quantitative estimate of drug-likeness (QED) is 0.657. The van der Waals surface area contributed by atoms with E-state index in [0.29, 0.717) is 0 Å². The molecule has 0 spiro atoms. The highest BCUT2D eigenvalue weighted by molar-refractivity contribution is 7.88. The van der Waals surface area contributed by atoms with E-state index in [1.807, 2.05) is 4.89 Å². The fourth-order valence-corrected chi connectivity index (χ4v) is 2.32. The van der Waals surface area contributed by atoms with Crippen LogP contribution in [-0.2, 0) is 20.6 Å². The highest BCUT2D eigenvalue weighted by Gasteiger charge is 2.22. The van der Waals surface area contributed by atoms with Crippen molar-refractivity contribution in [3.05, 3.63) is 39.9 Å². The molecule has 0 fully saturated rings. The van der Waals surface area contributed by atoms with Gasteiger partial charge >= 0.3 is 0 Å². The molecule has 1 aromatic carbocycles. The van der Waals surface area contributed by atoms with E-state index in [1.54, 1.807) is 26.8 Å². The molecule has 0 heterocycles. The van der Waals surface area contributed by atoms with Crippen LogP contribution < -0.4 is 4.89 Å². The van der Waals surface area contributed by atoms with E-state index in [1.165, 1.54) is 18.2 Å². The van der Waals surface area contributed by atoms with Crippen LogP contribution in [0.25, 0.3) is 0 Å². The molecule has 0 atom stereocenters. The fraction of sp³-hybridized carbons (Fsp3) is 0.455. The van der Waals surface area contributed by atoms with Gasteiger partial charge in [-0.1, -0.05) is 23.1 Å². The average molecular weight is 288 g/mol. The Morgan fingerprint density at radius 1 is 1.32 bits per heavy atom. The molecule has 0 unspecified atom stereocenters. The van der Waals surface area contributed by atoms with Gasteiger partial charge in [-0.2, -0.15) is 0 Å². The van der Waals surface area contributed by atoms with Gasteiger partial charge in [-0.05, 0) is 20.8 Å². The van der Waals surface area contributed by atoms with Crippen LogP contribution in [0.1, 0.15) is 26.3 Å². The maximum absolute atomic E-state index is 11.8. The van der Waals surface area contributed by atoms with Gasteiger partial charge in [-0.25, -0.2) is 8.42 Å². The van der Waals surface area contributed by atoms with Crippen molar-refractivity contribution in [3.8, 4) is 0 Å². The van der Waals surface area contributed by atoms with Crippen LogP contribution in [0.15, 0.2) is 24.3 Å². The topological polar surface area (TPSA) is 98.5 Å². The molecule has 1 rings (SSSR count). The van der Waals surface area contributed by atoms with Crippen molar-refractivity contribution in [3.63, 3.8) is 0 Å². The fourth-order valence-electron chi connectivity index (χ4n) is 1.23. The molecule has 8 heteroatoms. The van der Waals surface area contributed by atoms with E-state index in [-0.39, 0.29) is 11.3 Å². The first kappa shape index (κ1) is 15.5. The van der Waals surface area contributed by atoms with Gasteiger partial charge < -0.3 is 0 Å². The second-order valence-electron chi connectivity index (χ2n) is 4.94. The Morgan fingerprint density at radius 2 is 1.89 bits per heavy atom. The third kappa shape index (κ3) is 5.33. The van der Waals surface area contributed by atoms with E-state index >= 15 is 0 Å². The first-order chi connectivity index (χ1) is 8.61. The van der Waals surface area contributed by atoms with Crippen LogP contribution in [0.3, 0.4) is 0 Å². The number of hydrogen-bond donors (Lipinski definition) is 1. The Kier molecular flexibility index (Phi) is 4.61. The molecule has 7 nitrogen and oxygen atoms in total. The summed E-state index contributed by atoms with van der Waals surface area (Å²) in [5.41, 5.74) is -0.809. The summed E-state index contributed by atoms with van der Waals surface area (Å²) in [4.78, 5) is 17.1. The highest BCUT2D eigenvalue weighted by Crippen LogP contribution is 2.20. The Labute approximate surface area is 111 Å². The van der Waals surface area contributed by atoms with Gasteiger partial charge in [-0.15, -0.1) is 0 Å². The number of nitrogens with one attached hydrogen (secondary N) is 1. The summed E-state index contributed by atoms with van der Waals surface area (Å²) in [5.74, 6) is -0.514. The summed E-state index contributed by atoms with van der Waals surface area (Å²) in [6.45, 7) is 5.04. The molecule has 0 radical (unpaired) electrons. The lowest BCUT2D eigenvalue weighted by Gasteiger charge is -2.19. The van der Waals surface area contributed by atoms with Gasteiger partial charge in [-0.3, -0.25) is 15.0 Å². The molecule has 106 valence electrons. The number of nitro benzene ring substituents is 1. The first-order valence-electron chi connectivity index (χ1n) is 5.50. The Morgan fingerprint density at radius 3 is 2.42 bits per heavy atom. The second kappa shape index (κ2) is 5.64. The Balaban J connectivity index is 2.87. The van der Waals surface area contributed by atoms with Crippen LogP contribution in [-0.4, -0.2) is 18.9 Å². The lowest BCUT2D eigenvalue weighted by Crippen LogP contribution is -2.34. The Hall–Kier alpha value is -1.51. The summed E-state index contributed by atoms with van der Waals surface area (Å²) >= 11 is 0. The third-order valence-electron chi connectivity index (χ3n) is 2.01. The number of para-hydroxylation sites is 1. The number of hydrogen-bond acceptors (Lipinski definition) is 5. The predicted molar refractivity (Wildman–Crippen MR) is 69.7 cm³/mol. The number of nitrogens with zero attached hydrogens (tertiary/aromatic N) is 1. The summed E-state index contributed by atoms with van der Waals surface area (Å²) < 4.78 is 23.5. The molecule has 19 heavy (non-hydrogen) atoms. The van der Waals surface area contributed by atoms with E-state index in [2.05, 4.69) is 0 Å². The van der Waals surface area contributed by atoms with Crippen LogP contribution >= 0.6 is 0 Å². The molecule has 0 saturated heterocycles. The summed E-state index contributed by atoms with van der Waals surface area (Å²) in [6.07, 6.45) is 0. The maximum atomic E-state index is 11.8. The van der Waals surface area contributed by atoms with E-state index in [4.69, 9.17) is 4.84 Å². The largest absolute Gasteiger partial charge is 0.281 e. The molecule has 0 amide bonds. The van der Waals surface area contributed by atoms with Gasteiger partial charge in [0.2, 0.25) is 10.0 Å². The smallest absolute Gasteiger partial charge is 0.273 e. The van der Waals surface area contributed by atoms with Crippen LogP contribution in [0.2, 0.25) is 0 Å². The van der Waals surface area contributed by atoms with Crippen molar-refractivity contribution in [2.75, 3.05) is 0 Å². The molecule has 0 aliphatic heterocycles. The minimum atomic E-state index is -3.80. The van der Waals surface area contributed by atoms with Crippen molar-refractivity contribution >= 4 is 15.7 Å². The van der Waals surface area contributed by atoms with Gasteiger partial charge in [0.05, 0.1) is 16.3 Å². The molecular weight excluding hydrogens is 272 g/mol. The van der Waals surface area contributed by atoms with Crippen LogP contribution in [0.5, 0.6) is 0 Å². The number of rotatable bonds is 5. The second-order valence-corrected chi connectivity index (χ2v) is 6.63. The van der Waals surface area contributed by atoms with Crippen molar-refractivity contribution < 1.29 is 18.2 Å². The van der Waals surface area contributed by atoms with Crippen LogP contribution in [0.4, 0.5) is 5.69 Å². The predicted octanol–water partition coefficient (Wildman–Crippen LogP) is 1.74. The van der Waals surface area contributed by atoms with Crippen molar-refractivity contribution in [2.45, 2.75) is 32.1 Å². The van der Waals surface area contributed by atoms with Crippen molar-refractivity contribution in [2.24, 2.45) is 0 Å². The van der Waals surface area contributed by atoms with Gasteiger partial charge in [0.25, 0.3) is 5.69 Å². The minimum absolute atomic E-state index is 0.109. The van der Waals surface area contributed by atoms with Gasteiger partial charge in [0, 0.05) is 11.6 Å². The van der Waals surface area contributed by atoms with Crippen molar-refractivity contribution in [1.82, 2.24) is 4.89 Å². The lowest BCUT2D eigenvalue weighted by molar-refractivity contribution is -0.385. The normalized spacial score (nSPS) is 12.4. The van der Waals surface area contributed by atoms with Gasteiger partial charge in [0.1, 0.15) is 0 Å². The zero-order valence-electron chi connectivity index (χ0n) is 10.9. The molecule has 1 aromatic rings. The number of sulfonamides is 1. The monoisotopic (exact) mass is 288 g/mol. The summed E-state index contributed by atoms with van der Waals surface area (Å²) in [7, 11) is -3.80. The highest BCUT2D eigenvalue weighted by atomic mass is 32.2. The zero-order chi connectivity index (χ0) is 14.7. The zero-order valence-corrected chi connectivity index (χ0v) is 11.7. The van der Waals surface area contributed by atoms with E-state index < -0.39 is 26.3 Å². The summed E-state index contributed by atoms with van der Waals surface area (Å²) in [5, 5.41) is 10.8. The standard InChI is InChI=1S/C11H16N2O5S/c1-11(2,3)18-12-19(16,17)8-9-6-4-5-7-10(9)13(14)15/h4-7,12H,8H2,1-3H3. The maximum Gasteiger partial charge on any atom is 0.273 e. The van der Waals surface area contributed by atoms with E-state index in [9.17, 15) is 18.5 Å². The van der Waals surface area contributed by atoms with E-state index in [0.717, 1.165) is 0 Å². The number of benzene rings is 1. The number of nitro groups is 1. The molecule has 0 bridgehead atoms.